The molecule has 0 N–H and O–H groups in total. The minimum Gasteiger partial charge on any atom is -0.361 e. The standard InChI is InChI=1S/C9H11O/c1-2-9-7-4-3-6(5-7)8(9)10-9/h3,7-8H,1-2,4-5H2. The molecule has 2 aliphatic carbocycles. The Hall–Kier alpha value is -0.300. The molecule has 0 aromatic heterocycles. The van der Waals surface area contributed by atoms with Crippen LogP contribution in [0.15, 0.2) is 11.6 Å². The highest BCUT2D eigenvalue weighted by atomic mass is 16.6. The summed E-state index contributed by atoms with van der Waals surface area (Å²) in [7, 11) is 0. The summed E-state index contributed by atoms with van der Waals surface area (Å²) >= 11 is 0. The normalized spacial score (nSPS) is 54.7. The van der Waals surface area contributed by atoms with Gasteiger partial charge >= 0.3 is 0 Å². The summed E-state index contributed by atoms with van der Waals surface area (Å²) in [6.07, 6.45) is 6.39. The number of ether oxygens (including phenoxy) is 1. The molecule has 1 aliphatic heterocycles. The van der Waals surface area contributed by atoms with Gasteiger partial charge in [-0.15, -0.1) is 0 Å². The van der Waals surface area contributed by atoms with Crippen LogP contribution in [0.5, 0.6) is 0 Å². The fourth-order valence-corrected chi connectivity index (χ4v) is 2.61. The molecular formula is C9H11O. The van der Waals surface area contributed by atoms with Crippen LogP contribution < -0.4 is 0 Å². The maximum Gasteiger partial charge on any atom is 0.109 e. The first-order chi connectivity index (χ1) is 4.87. The van der Waals surface area contributed by atoms with E-state index in [1.165, 1.54) is 12.8 Å². The van der Waals surface area contributed by atoms with Gasteiger partial charge in [-0.2, -0.15) is 0 Å². The predicted octanol–water partition coefficient (Wildman–Crippen LogP) is 1.70. The number of hydrogen-bond acceptors (Lipinski definition) is 1. The monoisotopic (exact) mass is 135 g/mol. The minimum absolute atomic E-state index is 0.240. The molecule has 1 heteroatoms. The lowest BCUT2D eigenvalue weighted by atomic mass is 9.89. The van der Waals surface area contributed by atoms with Crippen molar-refractivity contribution in [2.24, 2.45) is 5.92 Å². The van der Waals surface area contributed by atoms with E-state index in [1.807, 2.05) is 0 Å². The van der Waals surface area contributed by atoms with E-state index in [9.17, 15) is 0 Å². The summed E-state index contributed by atoms with van der Waals surface area (Å²) in [5.41, 5.74) is 1.80. The second kappa shape index (κ2) is 1.33. The van der Waals surface area contributed by atoms with Crippen LogP contribution >= 0.6 is 0 Å². The Morgan fingerprint density at radius 2 is 2.70 bits per heavy atom. The number of rotatable bonds is 1. The zero-order valence-electron chi connectivity index (χ0n) is 5.97. The molecular weight excluding hydrogens is 124 g/mol. The van der Waals surface area contributed by atoms with E-state index >= 15 is 0 Å². The molecule has 1 saturated carbocycles. The van der Waals surface area contributed by atoms with Crippen molar-refractivity contribution in [1.29, 1.82) is 0 Å². The van der Waals surface area contributed by atoms with Crippen LogP contribution in [0.25, 0.3) is 0 Å². The van der Waals surface area contributed by atoms with E-state index < -0.39 is 0 Å². The van der Waals surface area contributed by atoms with Crippen molar-refractivity contribution in [2.45, 2.75) is 31.0 Å². The number of allylic oxidation sites excluding steroid dienone is 1. The van der Waals surface area contributed by atoms with Gasteiger partial charge in [0.15, 0.2) is 0 Å². The van der Waals surface area contributed by atoms with Crippen molar-refractivity contribution in [2.75, 3.05) is 0 Å². The second-order valence-corrected chi connectivity index (χ2v) is 3.62. The summed E-state index contributed by atoms with van der Waals surface area (Å²) < 4.78 is 5.65. The zero-order chi connectivity index (χ0) is 6.77. The number of hydrogen-bond donors (Lipinski definition) is 0. The molecule has 3 rings (SSSR count). The van der Waals surface area contributed by atoms with E-state index in [0.29, 0.717) is 6.10 Å². The van der Waals surface area contributed by atoms with Crippen molar-refractivity contribution < 1.29 is 4.74 Å². The molecule has 3 unspecified atom stereocenters. The van der Waals surface area contributed by atoms with Gasteiger partial charge in [-0.3, -0.25) is 0 Å². The third kappa shape index (κ3) is 0.367. The quantitative estimate of drug-likeness (QED) is 0.394. The van der Waals surface area contributed by atoms with Crippen molar-refractivity contribution in [1.82, 2.24) is 0 Å². The first-order valence-corrected chi connectivity index (χ1v) is 4.03. The Bertz CT molecular complexity index is 219. The van der Waals surface area contributed by atoms with Gasteiger partial charge in [-0.25, -0.2) is 0 Å². The zero-order valence-corrected chi connectivity index (χ0v) is 5.97. The summed E-state index contributed by atoms with van der Waals surface area (Å²) in [6, 6.07) is 0. The highest BCUT2D eigenvalue weighted by Gasteiger charge is 2.67. The highest BCUT2D eigenvalue weighted by Crippen LogP contribution is 2.62. The van der Waals surface area contributed by atoms with Crippen LogP contribution in [-0.4, -0.2) is 11.7 Å². The Labute approximate surface area is 61.1 Å². The van der Waals surface area contributed by atoms with E-state index in [4.69, 9.17) is 4.74 Å². The fraction of sp³-hybridized carbons (Fsp3) is 0.667. The lowest BCUT2D eigenvalue weighted by Gasteiger charge is -2.14. The average molecular weight is 135 g/mol. The van der Waals surface area contributed by atoms with Gasteiger partial charge in [-0.1, -0.05) is 13.0 Å². The molecule has 10 heavy (non-hydrogen) atoms. The summed E-state index contributed by atoms with van der Waals surface area (Å²) in [5.74, 6) is 0.796. The molecule has 1 heterocycles. The Balaban J connectivity index is 2.04. The molecule has 2 fully saturated rings. The molecule has 1 saturated heterocycles. The van der Waals surface area contributed by atoms with Crippen LogP contribution in [0.3, 0.4) is 0 Å². The molecule has 1 radical (unpaired) electrons. The maximum absolute atomic E-state index is 5.65. The summed E-state index contributed by atoms with van der Waals surface area (Å²) in [5, 5.41) is 0. The average Bonchev–Trinajstić information content (AvgIpc) is 2.47. The molecule has 3 aliphatic rings. The molecule has 0 amide bonds. The molecule has 3 atom stereocenters. The summed E-state index contributed by atoms with van der Waals surface area (Å²) in [6.45, 7) is 3.95. The Morgan fingerprint density at radius 3 is 3.20 bits per heavy atom. The fourth-order valence-electron chi connectivity index (χ4n) is 2.61. The third-order valence-electron chi connectivity index (χ3n) is 3.29. The highest BCUT2D eigenvalue weighted by molar-refractivity contribution is 5.37. The van der Waals surface area contributed by atoms with E-state index in [-0.39, 0.29) is 5.60 Å². The lowest BCUT2D eigenvalue weighted by molar-refractivity contribution is 0.212. The smallest absolute Gasteiger partial charge is 0.109 e. The topological polar surface area (TPSA) is 12.5 Å². The van der Waals surface area contributed by atoms with Crippen LogP contribution in [0, 0.1) is 12.8 Å². The van der Waals surface area contributed by atoms with Crippen LogP contribution in [0.1, 0.15) is 19.3 Å². The Kier molecular flexibility index (Phi) is 0.713. The van der Waals surface area contributed by atoms with Crippen LogP contribution in [0.2, 0.25) is 0 Å². The molecule has 0 aromatic carbocycles. The molecule has 2 bridgehead atoms. The van der Waals surface area contributed by atoms with Gasteiger partial charge in [0, 0.05) is 0 Å². The van der Waals surface area contributed by atoms with Gasteiger partial charge in [0.1, 0.15) is 11.7 Å². The van der Waals surface area contributed by atoms with Crippen molar-refractivity contribution in [3.63, 3.8) is 0 Å². The van der Waals surface area contributed by atoms with Crippen LogP contribution in [0.4, 0.5) is 0 Å². The third-order valence-corrected chi connectivity index (χ3v) is 3.29. The first-order valence-electron chi connectivity index (χ1n) is 4.03. The molecule has 53 valence electrons. The number of fused-ring (bicyclic) bond motifs is 5. The van der Waals surface area contributed by atoms with Gasteiger partial charge in [-0.05, 0) is 30.8 Å². The minimum atomic E-state index is 0.240. The maximum atomic E-state index is 5.65. The van der Waals surface area contributed by atoms with E-state index in [0.717, 1.165) is 12.3 Å². The second-order valence-electron chi connectivity index (χ2n) is 3.62. The first kappa shape index (κ1) is 5.36. The molecule has 0 aromatic rings. The summed E-state index contributed by atoms with van der Waals surface area (Å²) in [4.78, 5) is 0. The lowest BCUT2D eigenvalue weighted by Crippen LogP contribution is -2.20. The molecule has 0 spiro atoms. The Morgan fingerprint density at radius 1 is 1.80 bits per heavy atom. The SMILES string of the molecule is [CH2]CC12OC1C1=CCC2C1. The van der Waals surface area contributed by atoms with Crippen molar-refractivity contribution in [3.05, 3.63) is 18.6 Å². The number of epoxide rings is 1. The van der Waals surface area contributed by atoms with Gasteiger partial charge in [0.05, 0.1) is 0 Å². The van der Waals surface area contributed by atoms with Gasteiger partial charge < -0.3 is 4.74 Å². The van der Waals surface area contributed by atoms with Crippen molar-refractivity contribution >= 4 is 0 Å². The largest absolute Gasteiger partial charge is 0.361 e. The van der Waals surface area contributed by atoms with Gasteiger partial charge in [0.25, 0.3) is 0 Å². The van der Waals surface area contributed by atoms with Gasteiger partial charge in [0.2, 0.25) is 0 Å². The van der Waals surface area contributed by atoms with E-state index in [2.05, 4.69) is 13.0 Å². The van der Waals surface area contributed by atoms with E-state index in [1.54, 1.807) is 5.57 Å². The molecule has 1 nitrogen and oxygen atoms in total. The van der Waals surface area contributed by atoms with Crippen LogP contribution in [-0.2, 0) is 4.74 Å². The predicted molar refractivity (Wildman–Crippen MR) is 38.4 cm³/mol. The van der Waals surface area contributed by atoms with Crippen molar-refractivity contribution in [3.8, 4) is 0 Å².